The zero-order valence-electron chi connectivity index (χ0n) is 11.1. The summed E-state index contributed by atoms with van der Waals surface area (Å²) < 4.78 is 2.50. The number of anilines is 1. The van der Waals surface area contributed by atoms with E-state index in [0.717, 1.165) is 15.7 Å². The quantitative estimate of drug-likeness (QED) is 0.766. The Morgan fingerprint density at radius 2 is 2.10 bits per heavy atom. The van der Waals surface area contributed by atoms with Gasteiger partial charge in [-0.15, -0.1) is 0 Å². The number of benzene rings is 1. The molecule has 0 saturated heterocycles. The van der Waals surface area contributed by atoms with Crippen molar-refractivity contribution < 1.29 is 9.59 Å². The Morgan fingerprint density at radius 3 is 2.76 bits per heavy atom. The summed E-state index contributed by atoms with van der Waals surface area (Å²) >= 11 is 8.83. The molecule has 0 aliphatic carbocycles. The van der Waals surface area contributed by atoms with Crippen molar-refractivity contribution in [3.63, 3.8) is 0 Å². The van der Waals surface area contributed by atoms with Gasteiger partial charge in [0.15, 0.2) is 0 Å². The van der Waals surface area contributed by atoms with E-state index in [1.54, 1.807) is 4.90 Å². The van der Waals surface area contributed by atoms with Crippen LogP contribution >= 0.6 is 27.5 Å². The number of carbonyl (C=O) groups is 2. The molecule has 2 aromatic rings. The number of aryl methyl sites for hydroxylation is 1. The van der Waals surface area contributed by atoms with Crippen molar-refractivity contribution in [2.45, 2.75) is 13.5 Å². The number of fused-ring (bicyclic) bond motifs is 1. The van der Waals surface area contributed by atoms with E-state index < -0.39 is 5.24 Å². The highest BCUT2D eigenvalue weighted by Crippen LogP contribution is 2.27. The average Bonchev–Trinajstić information content (AvgIpc) is 2.85. The number of halogens is 2. The molecule has 2 heterocycles. The van der Waals surface area contributed by atoms with Crippen LogP contribution < -0.4 is 4.90 Å². The van der Waals surface area contributed by atoms with Crippen LogP contribution in [0.2, 0.25) is 0 Å². The second-order valence-corrected chi connectivity index (χ2v) is 6.06. The molecule has 21 heavy (non-hydrogen) atoms. The smallest absolute Gasteiger partial charge is 0.276 e. The van der Waals surface area contributed by atoms with Gasteiger partial charge in [0.25, 0.3) is 11.1 Å². The molecule has 0 spiro atoms. The fourth-order valence-electron chi connectivity index (χ4n) is 2.44. The molecule has 0 saturated carbocycles. The van der Waals surface area contributed by atoms with E-state index in [9.17, 15) is 9.59 Å². The van der Waals surface area contributed by atoms with E-state index >= 15 is 0 Å². The second-order valence-electron chi connectivity index (χ2n) is 4.80. The van der Waals surface area contributed by atoms with Crippen LogP contribution in [-0.2, 0) is 6.54 Å². The third-order valence-electron chi connectivity index (χ3n) is 3.43. The van der Waals surface area contributed by atoms with Gasteiger partial charge in [-0.3, -0.25) is 14.3 Å². The number of rotatable bonds is 2. The van der Waals surface area contributed by atoms with Crippen molar-refractivity contribution in [1.82, 2.24) is 9.78 Å². The molecule has 7 heteroatoms. The number of hydrogen-bond donors (Lipinski definition) is 0. The predicted molar refractivity (Wildman–Crippen MR) is 83.0 cm³/mol. The van der Waals surface area contributed by atoms with Crippen LogP contribution in [0.25, 0.3) is 0 Å². The highest BCUT2D eigenvalue weighted by atomic mass is 79.9. The minimum absolute atomic E-state index is 0.106. The maximum absolute atomic E-state index is 12.6. The van der Waals surface area contributed by atoms with Gasteiger partial charge in [-0.1, -0.05) is 15.9 Å². The molecule has 0 fully saturated rings. The van der Waals surface area contributed by atoms with Gasteiger partial charge in [0.1, 0.15) is 11.4 Å². The zero-order chi connectivity index (χ0) is 15.1. The molecule has 0 N–H and O–H groups in total. The SMILES string of the molecule is Cc1cc(Br)ccc1N1CCn2nc(C(=O)Cl)cc2C1=O. The summed E-state index contributed by atoms with van der Waals surface area (Å²) in [6.07, 6.45) is 0. The van der Waals surface area contributed by atoms with Crippen LogP contribution in [0.4, 0.5) is 5.69 Å². The maximum atomic E-state index is 12.6. The molecule has 1 amide bonds. The molecular formula is C14H11BrClN3O2. The Bertz CT molecular complexity index is 757. The molecular weight excluding hydrogens is 358 g/mol. The van der Waals surface area contributed by atoms with Crippen molar-refractivity contribution in [3.05, 3.63) is 45.7 Å². The standard InChI is InChI=1S/C14H11BrClN3O2/c1-8-6-9(15)2-3-11(8)18-4-5-19-12(14(18)21)7-10(17-19)13(16)20/h2-3,6-7H,4-5H2,1H3. The summed E-state index contributed by atoms with van der Waals surface area (Å²) in [5.74, 6) is -0.177. The molecule has 0 bridgehead atoms. The van der Waals surface area contributed by atoms with Crippen molar-refractivity contribution in [2.24, 2.45) is 0 Å². The lowest BCUT2D eigenvalue weighted by Gasteiger charge is -2.28. The van der Waals surface area contributed by atoms with E-state index in [0.29, 0.717) is 18.8 Å². The van der Waals surface area contributed by atoms with Gasteiger partial charge >= 0.3 is 0 Å². The second kappa shape index (κ2) is 5.27. The van der Waals surface area contributed by atoms with E-state index in [4.69, 9.17) is 11.6 Å². The van der Waals surface area contributed by atoms with Gasteiger partial charge in [0.05, 0.1) is 6.54 Å². The van der Waals surface area contributed by atoms with Gasteiger partial charge in [-0.05, 0) is 42.3 Å². The molecule has 0 atom stereocenters. The topological polar surface area (TPSA) is 55.2 Å². The first-order chi connectivity index (χ1) is 9.97. The normalized spacial score (nSPS) is 14.2. The summed E-state index contributed by atoms with van der Waals surface area (Å²) in [6.45, 7) is 2.99. The molecule has 0 radical (unpaired) electrons. The minimum atomic E-state index is -0.656. The van der Waals surface area contributed by atoms with Crippen molar-refractivity contribution in [1.29, 1.82) is 0 Å². The minimum Gasteiger partial charge on any atom is -0.305 e. The van der Waals surface area contributed by atoms with Crippen LogP contribution in [0.1, 0.15) is 26.5 Å². The average molecular weight is 369 g/mol. The lowest BCUT2D eigenvalue weighted by atomic mass is 10.1. The summed E-state index contributed by atoms with van der Waals surface area (Å²) in [7, 11) is 0. The Kier molecular flexibility index (Phi) is 3.59. The Balaban J connectivity index is 2.00. The summed E-state index contributed by atoms with van der Waals surface area (Å²) in [6, 6.07) is 7.20. The number of carbonyl (C=O) groups excluding carboxylic acids is 2. The van der Waals surface area contributed by atoms with Crippen molar-refractivity contribution >= 4 is 44.4 Å². The van der Waals surface area contributed by atoms with Crippen LogP contribution in [0.3, 0.4) is 0 Å². The summed E-state index contributed by atoms with van der Waals surface area (Å²) in [5, 5.41) is 3.39. The predicted octanol–water partition coefficient (Wildman–Crippen LogP) is 2.99. The monoisotopic (exact) mass is 367 g/mol. The molecule has 1 aromatic heterocycles. The van der Waals surface area contributed by atoms with Crippen molar-refractivity contribution in [3.8, 4) is 0 Å². The fraction of sp³-hybridized carbons (Fsp3) is 0.214. The fourth-order valence-corrected chi connectivity index (χ4v) is 3.01. The maximum Gasteiger partial charge on any atom is 0.276 e. The summed E-state index contributed by atoms with van der Waals surface area (Å²) in [4.78, 5) is 25.5. The molecule has 108 valence electrons. The number of nitrogens with zero attached hydrogens (tertiary/aromatic N) is 3. The largest absolute Gasteiger partial charge is 0.305 e. The lowest BCUT2D eigenvalue weighted by molar-refractivity contribution is 0.0961. The third kappa shape index (κ3) is 2.49. The van der Waals surface area contributed by atoms with Gasteiger partial charge in [0, 0.05) is 22.8 Å². The van der Waals surface area contributed by atoms with Crippen LogP contribution in [0.15, 0.2) is 28.7 Å². The first-order valence-corrected chi connectivity index (χ1v) is 7.50. The first kappa shape index (κ1) is 14.3. The van der Waals surface area contributed by atoms with Crippen LogP contribution in [-0.4, -0.2) is 27.5 Å². The molecule has 5 nitrogen and oxygen atoms in total. The molecule has 1 aliphatic rings. The summed E-state index contributed by atoms with van der Waals surface area (Å²) in [5.41, 5.74) is 2.34. The van der Waals surface area contributed by atoms with Gasteiger partial charge in [-0.2, -0.15) is 5.10 Å². The van der Waals surface area contributed by atoms with E-state index in [2.05, 4.69) is 21.0 Å². The number of aromatic nitrogens is 2. The van der Waals surface area contributed by atoms with Crippen LogP contribution in [0.5, 0.6) is 0 Å². The van der Waals surface area contributed by atoms with Crippen molar-refractivity contribution in [2.75, 3.05) is 11.4 Å². The van der Waals surface area contributed by atoms with Gasteiger partial charge < -0.3 is 4.90 Å². The molecule has 0 unspecified atom stereocenters. The zero-order valence-corrected chi connectivity index (χ0v) is 13.5. The number of hydrogen-bond acceptors (Lipinski definition) is 3. The van der Waals surface area contributed by atoms with E-state index in [-0.39, 0.29) is 11.6 Å². The van der Waals surface area contributed by atoms with Gasteiger partial charge in [-0.25, -0.2) is 0 Å². The highest BCUT2D eigenvalue weighted by Gasteiger charge is 2.29. The Hall–Kier alpha value is -1.66. The van der Waals surface area contributed by atoms with E-state index in [1.807, 2.05) is 25.1 Å². The lowest BCUT2D eigenvalue weighted by Crippen LogP contribution is -2.40. The van der Waals surface area contributed by atoms with Crippen LogP contribution in [0, 0.1) is 6.92 Å². The Labute approximate surface area is 134 Å². The molecule has 1 aliphatic heterocycles. The molecule has 3 rings (SSSR count). The first-order valence-electron chi connectivity index (χ1n) is 6.33. The highest BCUT2D eigenvalue weighted by molar-refractivity contribution is 9.10. The van der Waals surface area contributed by atoms with E-state index in [1.165, 1.54) is 10.7 Å². The number of amides is 1. The Morgan fingerprint density at radius 1 is 1.33 bits per heavy atom. The van der Waals surface area contributed by atoms with Gasteiger partial charge in [0.2, 0.25) is 0 Å². The third-order valence-corrected chi connectivity index (χ3v) is 4.12. The molecule has 1 aromatic carbocycles.